The number of rotatable bonds is 3. The Labute approximate surface area is 98.9 Å². The molecule has 1 amide bonds. The summed E-state index contributed by atoms with van der Waals surface area (Å²) in [5.41, 5.74) is 0.883. The van der Waals surface area contributed by atoms with Crippen LogP contribution in [0.3, 0.4) is 0 Å². The first-order valence-corrected chi connectivity index (χ1v) is 5.42. The van der Waals surface area contributed by atoms with Crippen LogP contribution in [0, 0.1) is 0 Å². The van der Waals surface area contributed by atoms with Gasteiger partial charge in [-0.2, -0.15) is 0 Å². The van der Waals surface area contributed by atoms with Gasteiger partial charge >= 0.3 is 0 Å². The second-order valence-corrected chi connectivity index (χ2v) is 3.91. The Morgan fingerprint density at radius 1 is 1.38 bits per heavy atom. The lowest BCUT2D eigenvalue weighted by atomic mass is 10.1. The highest BCUT2D eigenvalue weighted by atomic mass is 32.1. The Bertz CT molecular complexity index is 408. The summed E-state index contributed by atoms with van der Waals surface area (Å²) >= 11 is 5.04. The number of amides is 1. The summed E-state index contributed by atoms with van der Waals surface area (Å²) in [6.07, 6.45) is 0. The highest BCUT2D eigenvalue weighted by Crippen LogP contribution is 2.24. The fourth-order valence-corrected chi connectivity index (χ4v) is 2.11. The number of hydrogen-bond acceptors (Lipinski definition) is 3. The second-order valence-electron chi connectivity index (χ2n) is 3.52. The van der Waals surface area contributed by atoms with Gasteiger partial charge in [0, 0.05) is 6.54 Å². The van der Waals surface area contributed by atoms with E-state index >= 15 is 0 Å². The maximum absolute atomic E-state index is 11.7. The first-order valence-electron chi connectivity index (χ1n) is 5.01. The molecule has 0 spiro atoms. The van der Waals surface area contributed by atoms with E-state index in [0.29, 0.717) is 11.7 Å². The summed E-state index contributed by atoms with van der Waals surface area (Å²) < 4.78 is 0. The lowest BCUT2D eigenvalue weighted by Crippen LogP contribution is -2.32. The number of carbonyl (C=O) groups is 1. The van der Waals surface area contributed by atoms with Gasteiger partial charge in [-0.15, -0.1) is 0 Å². The Hall–Kier alpha value is -1.46. The smallest absolute Gasteiger partial charge is 0.253 e. The molecule has 1 atom stereocenters. The highest BCUT2D eigenvalue weighted by Gasteiger charge is 2.36. The van der Waals surface area contributed by atoms with Crippen molar-refractivity contribution in [1.29, 1.82) is 0 Å². The molecule has 4 nitrogen and oxygen atoms in total. The Morgan fingerprint density at radius 2 is 2.06 bits per heavy atom. The van der Waals surface area contributed by atoms with Crippen LogP contribution in [0.2, 0.25) is 0 Å². The number of thiocarbonyl (C=S) groups is 1. The Kier molecular flexibility index (Phi) is 3.17. The van der Waals surface area contributed by atoms with Gasteiger partial charge in [-0.05, 0) is 17.8 Å². The van der Waals surface area contributed by atoms with Crippen LogP contribution in [0.5, 0.6) is 0 Å². The summed E-state index contributed by atoms with van der Waals surface area (Å²) in [5.74, 6) is -0.135. The topological polar surface area (TPSA) is 52.6 Å². The molecule has 84 valence electrons. The van der Waals surface area contributed by atoms with Gasteiger partial charge in [-0.1, -0.05) is 30.3 Å². The van der Waals surface area contributed by atoms with Crippen LogP contribution < -0.4 is 5.32 Å². The van der Waals surface area contributed by atoms with Crippen LogP contribution in [0.15, 0.2) is 30.3 Å². The lowest BCUT2D eigenvalue weighted by molar-refractivity contribution is -0.121. The third-order valence-corrected chi connectivity index (χ3v) is 2.84. The van der Waals surface area contributed by atoms with Crippen molar-refractivity contribution in [3.05, 3.63) is 35.9 Å². The third kappa shape index (κ3) is 1.91. The van der Waals surface area contributed by atoms with E-state index in [-0.39, 0.29) is 12.5 Å². The van der Waals surface area contributed by atoms with Crippen LogP contribution in [-0.4, -0.2) is 34.2 Å². The molecule has 1 aromatic carbocycles. The summed E-state index contributed by atoms with van der Waals surface area (Å²) in [4.78, 5) is 13.4. The van der Waals surface area contributed by atoms with Gasteiger partial charge in [0.15, 0.2) is 5.11 Å². The van der Waals surface area contributed by atoms with E-state index in [4.69, 9.17) is 17.3 Å². The molecule has 1 aromatic rings. The van der Waals surface area contributed by atoms with Crippen LogP contribution in [0.4, 0.5) is 0 Å². The summed E-state index contributed by atoms with van der Waals surface area (Å²) in [6, 6.07) is 8.99. The zero-order valence-corrected chi connectivity index (χ0v) is 9.41. The minimum absolute atomic E-state index is 0.0293. The molecule has 0 radical (unpaired) electrons. The molecule has 2 N–H and O–H groups in total. The molecule has 16 heavy (non-hydrogen) atoms. The molecule has 1 aliphatic heterocycles. The van der Waals surface area contributed by atoms with Gasteiger partial charge in [0.25, 0.3) is 5.91 Å². The first kappa shape index (κ1) is 11.0. The van der Waals surface area contributed by atoms with Crippen molar-refractivity contribution >= 4 is 23.2 Å². The Balaban J connectivity index is 2.30. The Morgan fingerprint density at radius 3 is 2.69 bits per heavy atom. The maximum Gasteiger partial charge on any atom is 0.253 e. The molecule has 0 bridgehead atoms. The third-order valence-electron chi connectivity index (χ3n) is 2.51. The molecule has 0 aromatic heterocycles. The molecular formula is C11H12N2O2S. The van der Waals surface area contributed by atoms with Crippen molar-refractivity contribution in [2.24, 2.45) is 0 Å². The van der Waals surface area contributed by atoms with Crippen molar-refractivity contribution in [3.8, 4) is 0 Å². The molecule has 1 heterocycles. The quantitative estimate of drug-likeness (QED) is 0.748. The van der Waals surface area contributed by atoms with Gasteiger partial charge < -0.3 is 15.3 Å². The largest absolute Gasteiger partial charge is 0.395 e. The van der Waals surface area contributed by atoms with Gasteiger partial charge in [-0.25, -0.2) is 0 Å². The maximum atomic E-state index is 11.7. The lowest BCUT2D eigenvalue weighted by Gasteiger charge is -2.22. The molecule has 0 saturated carbocycles. The number of carbonyl (C=O) groups excluding carboxylic acids is 1. The van der Waals surface area contributed by atoms with Crippen LogP contribution >= 0.6 is 12.2 Å². The van der Waals surface area contributed by atoms with E-state index in [2.05, 4.69) is 5.32 Å². The molecule has 1 fully saturated rings. The number of aliphatic hydroxyl groups excluding tert-OH is 1. The number of β-amino-alcohol motifs (C(OH)–C–C–N with tert-alkyl or cyclic N) is 1. The minimum atomic E-state index is -0.416. The van der Waals surface area contributed by atoms with Gasteiger partial charge in [-0.3, -0.25) is 4.79 Å². The molecule has 1 aliphatic rings. The van der Waals surface area contributed by atoms with E-state index in [1.807, 2.05) is 30.3 Å². The molecule has 1 unspecified atom stereocenters. The van der Waals surface area contributed by atoms with E-state index in [1.165, 1.54) is 0 Å². The monoisotopic (exact) mass is 236 g/mol. The molecule has 0 aliphatic carbocycles. The zero-order valence-electron chi connectivity index (χ0n) is 8.59. The average Bonchev–Trinajstić information content (AvgIpc) is 2.56. The van der Waals surface area contributed by atoms with Crippen LogP contribution in [0.25, 0.3) is 0 Å². The van der Waals surface area contributed by atoms with Crippen molar-refractivity contribution in [1.82, 2.24) is 10.2 Å². The molecule has 2 rings (SSSR count). The standard InChI is InChI=1S/C11H12N2O2S/c14-7-6-13-9(10(15)12-11(13)16)8-4-2-1-3-5-8/h1-5,9,14H,6-7H2,(H,12,15,16). The van der Waals surface area contributed by atoms with Gasteiger partial charge in [0.2, 0.25) is 0 Å². The van der Waals surface area contributed by atoms with Crippen molar-refractivity contribution in [2.45, 2.75) is 6.04 Å². The summed E-state index contributed by atoms with van der Waals surface area (Å²) in [7, 11) is 0. The number of aliphatic hydroxyl groups is 1. The van der Waals surface area contributed by atoms with E-state index in [0.717, 1.165) is 5.56 Å². The SMILES string of the molecule is O=C1NC(=S)N(CCO)C1c1ccccc1. The van der Waals surface area contributed by atoms with Crippen molar-refractivity contribution in [2.75, 3.05) is 13.2 Å². The number of nitrogens with one attached hydrogen (secondary N) is 1. The van der Waals surface area contributed by atoms with Gasteiger partial charge in [0.05, 0.1) is 6.61 Å². The first-order chi connectivity index (χ1) is 7.74. The molecule has 5 heteroatoms. The minimum Gasteiger partial charge on any atom is -0.395 e. The second kappa shape index (κ2) is 4.59. The average molecular weight is 236 g/mol. The number of nitrogens with zero attached hydrogens (tertiary/aromatic N) is 1. The number of benzene rings is 1. The predicted molar refractivity (Wildman–Crippen MR) is 63.7 cm³/mol. The highest BCUT2D eigenvalue weighted by molar-refractivity contribution is 7.80. The van der Waals surface area contributed by atoms with E-state index in [1.54, 1.807) is 4.90 Å². The fourth-order valence-electron chi connectivity index (χ4n) is 1.81. The zero-order chi connectivity index (χ0) is 11.5. The van der Waals surface area contributed by atoms with Crippen LogP contribution in [-0.2, 0) is 4.79 Å². The molecule has 1 saturated heterocycles. The summed E-state index contributed by atoms with van der Waals surface area (Å²) in [5, 5.41) is 11.9. The fraction of sp³-hybridized carbons (Fsp3) is 0.273. The predicted octanol–water partition coefficient (Wildman–Crippen LogP) is 0.437. The van der Waals surface area contributed by atoms with E-state index < -0.39 is 6.04 Å². The van der Waals surface area contributed by atoms with Crippen molar-refractivity contribution < 1.29 is 9.90 Å². The van der Waals surface area contributed by atoms with Crippen LogP contribution in [0.1, 0.15) is 11.6 Å². The van der Waals surface area contributed by atoms with Gasteiger partial charge in [0.1, 0.15) is 6.04 Å². The van der Waals surface area contributed by atoms with E-state index in [9.17, 15) is 4.79 Å². The number of hydrogen-bond donors (Lipinski definition) is 2. The van der Waals surface area contributed by atoms with Crippen molar-refractivity contribution in [3.63, 3.8) is 0 Å². The molecular weight excluding hydrogens is 224 g/mol. The summed E-state index contributed by atoms with van der Waals surface area (Å²) in [6.45, 7) is 0.329. The normalized spacial score (nSPS) is 20.1.